The first-order chi connectivity index (χ1) is 10.2. The Kier molecular flexibility index (Phi) is 5.15. The van der Waals surface area contributed by atoms with E-state index in [-0.39, 0.29) is 5.91 Å². The number of carbonyl (C=O) groups excluding carboxylic acids is 1. The van der Waals surface area contributed by atoms with Crippen LogP contribution < -0.4 is 10.1 Å². The first kappa shape index (κ1) is 14.8. The van der Waals surface area contributed by atoms with E-state index in [2.05, 4.69) is 17.3 Å². The third-order valence-electron chi connectivity index (χ3n) is 2.73. The van der Waals surface area contributed by atoms with Crippen LogP contribution in [0.1, 0.15) is 18.9 Å². The van der Waals surface area contributed by atoms with Gasteiger partial charge in [-0.15, -0.1) is 0 Å². The Bertz CT molecular complexity index is 632. The second-order valence-electron chi connectivity index (χ2n) is 4.65. The molecule has 1 heterocycles. The van der Waals surface area contributed by atoms with Gasteiger partial charge in [0.2, 0.25) is 5.91 Å². The molecule has 0 aliphatic carbocycles. The van der Waals surface area contributed by atoms with Crippen molar-refractivity contribution in [1.82, 2.24) is 9.78 Å². The molecule has 0 atom stereocenters. The molecule has 2 rings (SSSR count). The zero-order valence-electron chi connectivity index (χ0n) is 12.2. The molecule has 0 fully saturated rings. The van der Waals surface area contributed by atoms with Gasteiger partial charge in [-0.05, 0) is 24.6 Å². The molecule has 0 saturated carbocycles. The van der Waals surface area contributed by atoms with Crippen molar-refractivity contribution in [2.45, 2.75) is 13.3 Å². The molecular formula is C16H19N3O2. The summed E-state index contributed by atoms with van der Waals surface area (Å²) in [5, 5.41) is 6.84. The van der Waals surface area contributed by atoms with E-state index in [0.29, 0.717) is 12.3 Å². The molecular weight excluding hydrogens is 266 g/mol. The van der Waals surface area contributed by atoms with Crippen molar-refractivity contribution in [2.24, 2.45) is 7.05 Å². The normalized spacial score (nSPS) is 10.8. The van der Waals surface area contributed by atoms with Gasteiger partial charge in [-0.3, -0.25) is 9.48 Å². The van der Waals surface area contributed by atoms with Crippen LogP contribution in [-0.2, 0) is 11.8 Å². The number of aromatic nitrogens is 2. The fourth-order valence-electron chi connectivity index (χ4n) is 1.77. The minimum absolute atomic E-state index is 0.188. The molecule has 1 aromatic carbocycles. The van der Waals surface area contributed by atoms with Gasteiger partial charge < -0.3 is 10.1 Å². The number of nitrogens with zero attached hydrogens (tertiary/aromatic N) is 2. The van der Waals surface area contributed by atoms with Crippen LogP contribution in [0.4, 0.5) is 5.69 Å². The predicted molar refractivity (Wildman–Crippen MR) is 83.1 cm³/mol. The Hall–Kier alpha value is -2.56. The van der Waals surface area contributed by atoms with Crippen LogP contribution in [0.2, 0.25) is 0 Å². The number of aryl methyl sites for hydroxylation is 1. The second kappa shape index (κ2) is 7.28. The molecule has 21 heavy (non-hydrogen) atoms. The summed E-state index contributed by atoms with van der Waals surface area (Å²) >= 11 is 0. The van der Waals surface area contributed by atoms with Gasteiger partial charge in [-0.1, -0.05) is 13.0 Å². The zero-order valence-corrected chi connectivity index (χ0v) is 12.2. The fourth-order valence-corrected chi connectivity index (χ4v) is 1.77. The van der Waals surface area contributed by atoms with E-state index in [1.807, 2.05) is 37.5 Å². The van der Waals surface area contributed by atoms with Gasteiger partial charge in [-0.25, -0.2) is 0 Å². The van der Waals surface area contributed by atoms with Crippen LogP contribution >= 0.6 is 0 Å². The Balaban J connectivity index is 1.94. The molecule has 1 amide bonds. The van der Waals surface area contributed by atoms with Crippen molar-refractivity contribution in [2.75, 3.05) is 11.9 Å². The van der Waals surface area contributed by atoms with Crippen molar-refractivity contribution in [3.05, 3.63) is 48.3 Å². The van der Waals surface area contributed by atoms with Gasteiger partial charge in [0.1, 0.15) is 5.75 Å². The predicted octanol–water partition coefficient (Wildman–Crippen LogP) is 2.86. The van der Waals surface area contributed by atoms with E-state index in [0.717, 1.165) is 17.7 Å². The summed E-state index contributed by atoms with van der Waals surface area (Å²) in [6, 6.07) is 7.36. The number of rotatable bonds is 6. The summed E-state index contributed by atoms with van der Waals surface area (Å²) < 4.78 is 7.22. The quantitative estimate of drug-likeness (QED) is 0.830. The molecule has 110 valence electrons. The van der Waals surface area contributed by atoms with Crippen LogP contribution in [0.5, 0.6) is 5.75 Å². The van der Waals surface area contributed by atoms with Crippen molar-refractivity contribution >= 4 is 17.7 Å². The van der Waals surface area contributed by atoms with Gasteiger partial charge in [-0.2, -0.15) is 5.10 Å². The maximum absolute atomic E-state index is 11.9. The lowest BCUT2D eigenvalue weighted by molar-refractivity contribution is -0.111. The summed E-state index contributed by atoms with van der Waals surface area (Å²) in [5.41, 5.74) is 1.59. The fraction of sp³-hybridized carbons (Fsp3) is 0.250. The van der Waals surface area contributed by atoms with Crippen LogP contribution in [0.3, 0.4) is 0 Å². The van der Waals surface area contributed by atoms with Crippen LogP contribution in [0.15, 0.2) is 42.7 Å². The number of hydrogen-bond donors (Lipinski definition) is 1. The third kappa shape index (κ3) is 4.80. The third-order valence-corrected chi connectivity index (χ3v) is 2.73. The van der Waals surface area contributed by atoms with Crippen molar-refractivity contribution in [1.29, 1.82) is 0 Å². The Morgan fingerprint density at radius 3 is 3.05 bits per heavy atom. The van der Waals surface area contributed by atoms with Gasteiger partial charge in [0.05, 0.1) is 12.8 Å². The van der Waals surface area contributed by atoms with Gasteiger partial charge in [0.25, 0.3) is 0 Å². The highest BCUT2D eigenvalue weighted by molar-refractivity contribution is 6.01. The van der Waals surface area contributed by atoms with Gasteiger partial charge in [0.15, 0.2) is 0 Å². The standard InChI is InChI=1S/C16H19N3O2/c1-3-9-21-15-6-4-5-14(10-15)18-16(20)8-7-13-11-17-19(2)12-13/h4-8,10-12H,3,9H2,1-2H3,(H,18,20). The summed E-state index contributed by atoms with van der Waals surface area (Å²) in [6.07, 6.45) is 7.69. The number of ether oxygens (including phenoxy) is 1. The smallest absolute Gasteiger partial charge is 0.248 e. The highest BCUT2D eigenvalue weighted by Gasteiger charge is 2.00. The molecule has 0 aliphatic rings. The van der Waals surface area contributed by atoms with E-state index in [1.54, 1.807) is 17.0 Å². The number of hydrogen-bond acceptors (Lipinski definition) is 3. The second-order valence-corrected chi connectivity index (χ2v) is 4.65. The maximum atomic E-state index is 11.9. The van der Waals surface area contributed by atoms with E-state index in [9.17, 15) is 4.79 Å². The number of amides is 1. The molecule has 1 aromatic heterocycles. The average Bonchev–Trinajstić information content (AvgIpc) is 2.89. The average molecular weight is 285 g/mol. The topological polar surface area (TPSA) is 56.1 Å². The first-order valence-corrected chi connectivity index (χ1v) is 6.88. The zero-order chi connectivity index (χ0) is 15.1. The highest BCUT2D eigenvalue weighted by Crippen LogP contribution is 2.17. The van der Waals surface area contributed by atoms with E-state index >= 15 is 0 Å². The largest absolute Gasteiger partial charge is 0.494 e. The lowest BCUT2D eigenvalue weighted by Crippen LogP contribution is -2.07. The lowest BCUT2D eigenvalue weighted by atomic mass is 10.3. The minimum atomic E-state index is -0.188. The molecule has 5 nitrogen and oxygen atoms in total. The number of anilines is 1. The van der Waals surface area contributed by atoms with Crippen molar-refractivity contribution < 1.29 is 9.53 Å². The molecule has 1 N–H and O–H groups in total. The number of nitrogens with one attached hydrogen (secondary N) is 1. The molecule has 0 saturated heterocycles. The molecule has 0 spiro atoms. The summed E-state index contributed by atoms with van der Waals surface area (Å²) in [4.78, 5) is 11.9. The van der Waals surface area contributed by atoms with E-state index in [1.165, 1.54) is 6.08 Å². The Labute approximate surface area is 124 Å². The first-order valence-electron chi connectivity index (χ1n) is 6.88. The van der Waals surface area contributed by atoms with Crippen LogP contribution in [0, 0.1) is 0 Å². The monoisotopic (exact) mass is 285 g/mol. The Morgan fingerprint density at radius 2 is 2.33 bits per heavy atom. The molecule has 0 bridgehead atoms. The minimum Gasteiger partial charge on any atom is -0.494 e. The van der Waals surface area contributed by atoms with Gasteiger partial charge in [0, 0.05) is 36.6 Å². The maximum Gasteiger partial charge on any atom is 0.248 e. The number of carbonyl (C=O) groups is 1. The molecule has 0 unspecified atom stereocenters. The summed E-state index contributed by atoms with van der Waals surface area (Å²) in [6.45, 7) is 2.72. The lowest BCUT2D eigenvalue weighted by Gasteiger charge is -2.07. The van der Waals surface area contributed by atoms with E-state index < -0.39 is 0 Å². The van der Waals surface area contributed by atoms with Crippen LogP contribution in [0.25, 0.3) is 6.08 Å². The molecule has 0 radical (unpaired) electrons. The Morgan fingerprint density at radius 1 is 1.48 bits per heavy atom. The van der Waals surface area contributed by atoms with Gasteiger partial charge >= 0.3 is 0 Å². The van der Waals surface area contributed by atoms with E-state index in [4.69, 9.17) is 4.74 Å². The highest BCUT2D eigenvalue weighted by atomic mass is 16.5. The summed E-state index contributed by atoms with van der Waals surface area (Å²) in [7, 11) is 1.83. The van der Waals surface area contributed by atoms with Crippen molar-refractivity contribution in [3.8, 4) is 5.75 Å². The van der Waals surface area contributed by atoms with Crippen molar-refractivity contribution in [3.63, 3.8) is 0 Å². The molecule has 2 aromatic rings. The summed E-state index contributed by atoms with van der Waals surface area (Å²) in [5.74, 6) is 0.567. The molecule has 0 aliphatic heterocycles. The van der Waals surface area contributed by atoms with Crippen LogP contribution in [-0.4, -0.2) is 22.3 Å². The number of benzene rings is 1. The SMILES string of the molecule is CCCOc1cccc(NC(=O)C=Cc2cnn(C)c2)c1. The molecule has 5 heteroatoms.